The van der Waals surface area contributed by atoms with E-state index in [-0.39, 0.29) is 0 Å². The first-order valence-electron chi connectivity index (χ1n) is 12.2. The summed E-state index contributed by atoms with van der Waals surface area (Å²) in [5, 5.41) is 20.5. The van der Waals surface area contributed by atoms with E-state index in [0.29, 0.717) is 19.3 Å². The van der Waals surface area contributed by atoms with Gasteiger partial charge in [-0.15, -0.1) is 0 Å². The van der Waals surface area contributed by atoms with E-state index in [2.05, 4.69) is 41.4 Å². The third kappa shape index (κ3) is 4.89. The predicted octanol–water partition coefficient (Wildman–Crippen LogP) is 6.59. The number of hydrogen-bond acceptors (Lipinski definition) is 3. The molecule has 0 saturated heterocycles. The van der Waals surface area contributed by atoms with Gasteiger partial charge in [0.1, 0.15) is 0 Å². The van der Waals surface area contributed by atoms with E-state index in [0.717, 1.165) is 46.2 Å². The van der Waals surface area contributed by atoms with Gasteiger partial charge in [0, 0.05) is 18.0 Å². The van der Waals surface area contributed by atoms with Gasteiger partial charge in [-0.3, -0.25) is 9.78 Å². The Morgan fingerprint density at radius 3 is 2.11 bits per heavy atom. The average molecular weight is 464 g/mol. The van der Waals surface area contributed by atoms with Crippen LogP contribution in [0.5, 0.6) is 0 Å². The Morgan fingerprint density at radius 1 is 0.857 bits per heavy atom. The van der Waals surface area contributed by atoms with Crippen molar-refractivity contribution in [2.75, 3.05) is 0 Å². The second kappa shape index (κ2) is 9.85. The second-order valence-corrected chi connectivity index (χ2v) is 9.40. The van der Waals surface area contributed by atoms with Crippen molar-refractivity contribution >= 4 is 5.97 Å². The number of aromatic nitrogens is 1. The monoisotopic (exact) mass is 463 g/mol. The zero-order valence-corrected chi connectivity index (χ0v) is 19.6. The highest BCUT2D eigenvalue weighted by atomic mass is 16.4. The van der Waals surface area contributed by atoms with Gasteiger partial charge in [-0.05, 0) is 71.6 Å². The minimum Gasteiger partial charge on any atom is -0.481 e. The molecule has 0 bridgehead atoms. The van der Waals surface area contributed by atoms with Crippen LogP contribution in [0.1, 0.15) is 48.5 Å². The molecule has 4 heteroatoms. The molecule has 176 valence electrons. The number of carboxylic acids is 1. The Bertz CT molecular complexity index is 1290. The van der Waals surface area contributed by atoms with Crippen molar-refractivity contribution in [3.05, 3.63) is 114 Å². The van der Waals surface area contributed by atoms with Gasteiger partial charge in [0.25, 0.3) is 0 Å². The maximum absolute atomic E-state index is 11.6. The minimum atomic E-state index is -0.732. The standard InChI is InChI=1S/C31H29NO3/c33-29(8-4-7-22-5-2-1-3-6-22)27-17-20-32-21-28(27)25-11-9-23(10-12-25)24-13-15-26(16-14-24)31(18-19-31)30(34)35/h1-3,5-6,9-17,20-21,29,33H,4,7-8,18-19H2,(H,34,35). The second-order valence-electron chi connectivity index (χ2n) is 9.40. The van der Waals surface area contributed by atoms with Crippen LogP contribution in [0.15, 0.2) is 97.3 Å². The number of aliphatic carboxylic acids is 1. The number of carbonyl (C=O) groups is 1. The fourth-order valence-electron chi connectivity index (χ4n) is 4.81. The van der Waals surface area contributed by atoms with Crippen LogP contribution in [-0.4, -0.2) is 21.2 Å². The molecule has 0 aliphatic heterocycles. The maximum atomic E-state index is 11.6. The highest BCUT2D eigenvalue weighted by molar-refractivity contribution is 5.85. The summed E-state index contributed by atoms with van der Waals surface area (Å²) >= 11 is 0. The molecule has 1 aliphatic rings. The number of pyridine rings is 1. The molecule has 0 spiro atoms. The molecule has 1 saturated carbocycles. The van der Waals surface area contributed by atoms with Gasteiger partial charge in [0.2, 0.25) is 0 Å². The van der Waals surface area contributed by atoms with Crippen molar-refractivity contribution in [3.8, 4) is 22.3 Å². The van der Waals surface area contributed by atoms with Crippen LogP contribution in [0, 0.1) is 0 Å². The number of benzene rings is 3. The van der Waals surface area contributed by atoms with E-state index in [1.807, 2.05) is 54.7 Å². The molecule has 4 aromatic rings. The largest absolute Gasteiger partial charge is 0.481 e. The summed E-state index contributed by atoms with van der Waals surface area (Å²) in [6, 6.07) is 28.4. The lowest BCUT2D eigenvalue weighted by molar-refractivity contribution is -0.140. The summed E-state index contributed by atoms with van der Waals surface area (Å²) in [6.45, 7) is 0. The summed E-state index contributed by atoms with van der Waals surface area (Å²) in [5.41, 5.74) is 6.45. The molecule has 35 heavy (non-hydrogen) atoms. The Hall–Kier alpha value is -3.76. The quantitative estimate of drug-likeness (QED) is 0.294. The van der Waals surface area contributed by atoms with Crippen molar-refractivity contribution in [1.82, 2.24) is 4.98 Å². The minimum absolute atomic E-state index is 0.548. The Morgan fingerprint density at radius 2 is 1.49 bits per heavy atom. The molecule has 1 atom stereocenters. The van der Waals surface area contributed by atoms with Crippen LogP contribution in [0.25, 0.3) is 22.3 Å². The zero-order valence-electron chi connectivity index (χ0n) is 19.6. The van der Waals surface area contributed by atoms with E-state index >= 15 is 0 Å². The number of aliphatic hydroxyl groups is 1. The molecule has 1 fully saturated rings. The fraction of sp³-hybridized carbons (Fsp3) is 0.226. The van der Waals surface area contributed by atoms with Crippen LogP contribution < -0.4 is 0 Å². The van der Waals surface area contributed by atoms with Crippen molar-refractivity contribution in [2.24, 2.45) is 0 Å². The van der Waals surface area contributed by atoms with E-state index < -0.39 is 17.5 Å². The molecular formula is C31H29NO3. The first-order chi connectivity index (χ1) is 17.1. The first-order valence-corrected chi connectivity index (χ1v) is 12.2. The number of nitrogens with zero attached hydrogens (tertiary/aromatic N) is 1. The topological polar surface area (TPSA) is 70.4 Å². The highest BCUT2D eigenvalue weighted by Crippen LogP contribution is 2.48. The van der Waals surface area contributed by atoms with Crippen molar-refractivity contribution in [2.45, 2.75) is 43.6 Å². The number of aliphatic hydroxyl groups excluding tert-OH is 1. The maximum Gasteiger partial charge on any atom is 0.314 e. The number of carboxylic acid groups (broad SMARTS) is 1. The third-order valence-electron chi connectivity index (χ3n) is 7.13. The lowest BCUT2D eigenvalue weighted by atomic mass is 9.92. The van der Waals surface area contributed by atoms with Crippen molar-refractivity contribution in [1.29, 1.82) is 0 Å². The van der Waals surface area contributed by atoms with Crippen LogP contribution in [0.3, 0.4) is 0 Å². The number of aryl methyl sites for hydroxylation is 1. The summed E-state index contributed by atoms with van der Waals surface area (Å²) in [4.78, 5) is 15.9. The molecule has 5 rings (SSSR count). The molecule has 3 aromatic carbocycles. The summed E-state index contributed by atoms with van der Waals surface area (Å²) in [5.74, 6) is -0.732. The molecule has 0 amide bonds. The molecule has 0 radical (unpaired) electrons. The van der Waals surface area contributed by atoms with E-state index in [1.54, 1.807) is 6.20 Å². The molecule has 1 aliphatic carbocycles. The number of hydrogen-bond donors (Lipinski definition) is 2. The molecule has 2 N–H and O–H groups in total. The summed E-state index contributed by atoms with van der Waals surface area (Å²) < 4.78 is 0. The molecular weight excluding hydrogens is 434 g/mol. The fourth-order valence-corrected chi connectivity index (χ4v) is 4.81. The molecule has 1 aromatic heterocycles. The Kier molecular flexibility index (Phi) is 6.47. The van der Waals surface area contributed by atoms with Gasteiger partial charge < -0.3 is 10.2 Å². The lowest BCUT2D eigenvalue weighted by Crippen LogP contribution is -2.19. The van der Waals surface area contributed by atoms with Gasteiger partial charge in [-0.2, -0.15) is 0 Å². The smallest absolute Gasteiger partial charge is 0.314 e. The SMILES string of the molecule is O=C(O)C1(c2ccc(-c3ccc(-c4cnccc4C(O)CCCc4ccccc4)cc3)cc2)CC1. The third-order valence-corrected chi connectivity index (χ3v) is 7.13. The van der Waals surface area contributed by atoms with E-state index in [4.69, 9.17) is 0 Å². The van der Waals surface area contributed by atoms with Crippen molar-refractivity contribution < 1.29 is 15.0 Å². The molecule has 1 unspecified atom stereocenters. The van der Waals surface area contributed by atoms with Crippen LogP contribution in [0.4, 0.5) is 0 Å². The van der Waals surface area contributed by atoms with E-state index in [1.165, 1.54) is 5.56 Å². The van der Waals surface area contributed by atoms with Crippen LogP contribution >= 0.6 is 0 Å². The lowest BCUT2D eigenvalue weighted by Gasteiger charge is -2.16. The Balaban J connectivity index is 1.29. The Labute approximate surface area is 205 Å². The van der Waals surface area contributed by atoms with Gasteiger partial charge in [0.15, 0.2) is 0 Å². The number of rotatable bonds is 9. The first kappa shape index (κ1) is 23.0. The van der Waals surface area contributed by atoms with E-state index in [9.17, 15) is 15.0 Å². The zero-order chi connectivity index (χ0) is 24.3. The van der Waals surface area contributed by atoms with Gasteiger partial charge in [-0.25, -0.2) is 0 Å². The predicted molar refractivity (Wildman–Crippen MR) is 138 cm³/mol. The average Bonchev–Trinajstić information content (AvgIpc) is 3.72. The van der Waals surface area contributed by atoms with Crippen LogP contribution in [0.2, 0.25) is 0 Å². The van der Waals surface area contributed by atoms with Crippen LogP contribution in [-0.2, 0) is 16.6 Å². The van der Waals surface area contributed by atoms with Crippen molar-refractivity contribution in [3.63, 3.8) is 0 Å². The normalized spacial score (nSPS) is 14.9. The molecule has 1 heterocycles. The van der Waals surface area contributed by atoms with Gasteiger partial charge in [0.05, 0.1) is 11.5 Å². The van der Waals surface area contributed by atoms with Gasteiger partial charge in [-0.1, -0.05) is 78.9 Å². The highest BCUT2D eigenvalue weighted by Gasteiger charge is 2.51. The summed E-state index contributed by atoms with van der Waals surface area (Å²) in [7, 11) is 0. The summed E-state index contributed by atoms with van der Waals surface area (Å²) in [6.07, 6.45) is 6.97. The molecule has 4 nitrogen and oxygen atoms in total. The van der Waals surface area contributed by atoms with Gasteiger partial charge >= 0.3 is 5.97 Å².